The lowest BCUT2D eigenvalue weighted by molar-refractivity contribution is -0.118. The van der Waals surface area contributed by atoms with E-state index in [1.807, 2.05) is 6.07 Å². The number of benzene rings is 2. The number of amides is 1. The number of rotatable bonds is 4. The molecule has 0 aliphatic carbocycles. The molecule has 0 spiro atoms. The Morgan fingerprint density at radius 2 is 1.95 bits per heavy atom. The van der Waals surface area contributed by atoms with Gasteiger partial charge in [-0.25, -0.2) is 8.78 Å². The summed E-state index contributed by atoms with van der Waals surface area (Å²) in [6.07, 6.45) is 0. The average Bonchev–Trinajstić information content (AvgIpc) is 2.49. The minimum Gasteiger partial charge on any atom is -0.484 e. The van der Waals surface area contributed by atoms with Crippen molar-refractivity contribution in [3.63, 3.8) is 0 Å². The highest BCUT2D eigenvalue weighted by Crippen LogP contribution is 2.16. The highest BCUT2D eigenvalue weighted by atomic mass is 19.2. The molecule has 0 aliphatic rings. The van der Waals surface area contributed by atoms with Gasteiger partial charge in [0.05, 0.1) is 11.3 Å². The summed E-state index contributed by atoms with van der Waals surface area (Å²) in [5.74, 6) is -2.52. The van der Waals surface area contributed by atoms with E-state index in [9.17, 15) is 13.6 Å². The van der Waals surface area contributed by atoms with Crippen LogP contribution in [0.5, 0.6) is 5.75 Å². The van der Waals surface area contributed by atoms with Crippen LogP contribution in [0, 0.1) is 23.0 Å². The van der Waals surface area contributed by atoms with E-state index < -0.39 is 17.5 Å². The summed E-state index contributed by atoms with van der Waals surface area (Å²) in [6.45, 7) is -0.384. The molecule has 0 fully saturated rings. The Kier molecular flexibility index (Phi) is 4.46. The fourth-order valence-corrected chi connectivity index (χ4v) is 1.59. The topological polar surface area (TPSA) is 62.1 Å². The van der Waals surface area contributed by atoms with Gasteiger partial charge < -0.3 is 10.1 Å². The third kappa shape index (κ3) is 3.76. The molecule has 1 N–H and O–H groups in total. The van der Waals surface area contributed by atoms with Crippen LogP contribution in [0.4, 0.5) is 14.5 Å². The third-order valence-electron chi connectivity index (χ3n) is 2.58. The Morgan fingerprint density at radius 1 is 1.19 bits per heavy atom. The number of hydrogen-bond donors (Lipinski definition) is 1. The average molecular weight is 288 g/mol. The first-order valence-corrected chi connectivity index (χ1v) is 5.97. The van der Waals surface area contributed by atoms with Crippen molar-refractivity contribution in [2.75, 3.05) is 11.9 Å². The molecule has 0 aliphatic heterocycles. The summed E-state index contributed by atoms with van der Waals surface area (Å²) < 4.78 is 30.7. The first-order chi connectivity index (χ1) is 10.1. The number of hydrogen-bond acceptors (Lipinski definition) is 3. The molecule has 1 amide bonds. The Balaban J connectivity index is 1.96. The number of nitrogens with zero attached hydrogens (tertiary/aromatic N) is 1. The largest absolute Gasteiger partial charge is 0.484 e. The lowest BCUT2D eigenvalue weighted by atomic mass is 10.2. The van der Waals surface area contributed by atoms with Crippen LogP contribution in [0.2, 0.25) is 0 Å². The van der Waals surface area contributed by atoms with Crippen molar-refractivity contribution >= 4 is 11.6 Å². The summed E-state index contributed by atoms with van der Waals surface area (Å²) in [7, 11) is 0. The van der Waals surface area contributed by atoms with Gasteiger partial charge in [0.2, 0.25) is 0 Å². The normalized spacial score (nSPS) is 9.76. The maximum atomic E-state index is 13.0. The minimum atomic E-state index is -1.05. The second-order valence-electron chi connectivity index (χ2n) is 4.07. The van der Waals surface area contributed by atoms with Crippen molar-refractivity contribution in [1.29, 1.82) is 5.26 Å². The predicted molar refractivity (Wildman–Crippen MR) is 71.6 cm³/mol. The Bertz CT molecular complexity index is 711. The first-order valence-electron chi connectivity index (χ1n) is 5.97. The number of anilines is 1. The zero-order valence-electron chi connectivity index (χ0n) is 10.8. The van der Waals surface area contributed by atoms with Crippen molar-refractivity contribution in [2.24, 2.45) is 0 Å². The highest BCUT2D eigenvalue weighted by molar-refractivity contribution is 5.93. The molecule has 21 heavy (non-hydrogen) atoms. The van der Waals surface area contributed by atoms with E-state index in [1.54, 1.807) is 24.3 Å². The van der Waals surface area contributed by atoms with Crippen molar-refractivity contribution in [3.05, 3.63) is 59.7 Å². The lowest BCUT2D eigenvalue weighted by Gasteiger charge is -2.08. The van der Waals surface area contributed by atoms with Crippen molar-refractivity contribution in [2.45, 2.75) is 0 Å². The molecule has 2 aromatic carbocycles. The maximum Gasteiger partial charge on any atom is 0.262 e. The molecule has 4 nitrogen and oxygen atoms in total. The van der Waals surface area contributed by atoms with Gasteiger partial charge in [-0.3, -0.25) is 4.79 Å². The molecule has 0 radical (unpaired) electrons. The van der Waals surface area contributed by atoms with Gasteiger partial charge in [0.1, 0.15) is 11.8 Å². The quantitative estimate of drug-likeness (QED) is 0.941. The molecule has 0 saturated heterocycles. The molecule has 0 aromatic heterocycles. The maximum absolute atomic E-state index is 13.0. The van der Waals surface area contributed by atoms with Gasteiger partial charge in [0, 0.05) is 6.07 Å². The monoisotopic (exact) mass is 288 g/mol. The van der Waals surface area contributed by atoms with Crippen molar-refractivity contribution < 1.29 is 18.3 Å². The summed E-state index contributed by atoms with van der Waals surface area (Å²) in [4.78, 5) is 11.7. The molecule has 0 unspecified atom stereocenters. The van der Waals surface area contributed by atoms with Gasteiger partial charge in [-0.05, 0) is 24.3 Å². The van der Waals surface area contributed by atoms with Crippen LogP contribution < -0.4 is 10.1 Å². The minimum absolute atomic E-state index is 0.0395. The molecule has 2 aromatic rings. The molecular formula is C15H10F2N2O2. The Hall–Kier alpha value is -2.94. The zero-order valence-corrected chi connectivity index (χ0v) is 10.8. The molecule has 2 rings (SSSR count). The summed E-state index contributed by atoms with van der Waals surface area (Å²) >= 11 is 0. The van der Waals surface area contributed by atoms with Gasteiger partial charge in [0.25, 0.3) is 5.91 Å². The van der Waals surface area contributed by atoms with Crippen LogP contribution in [0.25, 0.3) is 0 Å². The SMILES string of the molecule is N#Cc1ccccc1NC(=O)COc1ccc(F)c(F)c1. The highest BCUT2D eigenvalue weighted by Gasteiger charge is 2.08. The Morgan fingerprint density at radius 3 is 2.67 bits per heavy atom. The third-order valence-corrected chi connectivity index (χ3v) is 2.58. The van der Waals surface area contributed by atoms with Crippen LogP contribution in [0.1, 0.15) is 5.56 Å². The number of carbonyl (C=O) groups is 1. The number of carbonyl (C=O) groups excluding carboxylic acids is 1. The second-order valence-corrected chi connectivity index (χ2v) is 4.07. The smallest absolute Gasteiger partial charge is 0.262 e. The molecule has 106 valence electrons. The molecule has 0 heterocycles. The lowest BCUT2D eigenvalue weighted by Crippen LogP contribution is -2.20. The van der Waals surface area contributed by atoms with Gasteiger partial charge in [0.15, 0.2) is 18.2 Å². The summed E-state index contributed by atoms with van der Waals surface area (Å²) in [5, 5.41) is 11.4. The second kappa shape index (κ2) is 6.48. The summed E-state index contributed by atoms with van der Waals surface area (Å²) in [6, 6.07) is 11.4. The van der Waals surface area contributed by atoms with Crippen LogP contribution in [-0.4, -0.2) is 12.5 Å². The zero-order chi connectivity index (χ0) is 15.2. The van der Waals surface area contributed by atoms with Crippen molar-refractivity contribution in [1.82, 2.24) is 0 Å². The van der Waals surface area contributed by atoms with Gasteiger partial charge >= 0.3 is 0 Å². The van der Waals surface area contributed by atoms with E-state index in [1.165, 1.54) is 6.07 Å². The van der Waals surface area contributed by atoms with Gasteiger partial charge in [-0.15, -0.1) is 0 Å². The molecular weight excluding hydrogens is 278 g/mol. The van der Waals surface area contributed by atoms with Crippen LogP contribution in [0.3, 0.4) is 0 Å². The van der Waals surface area contributed by atoms with E-state index in [0.717, 1.165) is 12.1 Å². The number of halogens is 2. The van der Waals surface area contributed by atoms with Crippen LogP contribution >= 0.6 is 0 Å². The number of nitriles is 1. The van der Waals surface area contributed by atoms with E-state index >= 15 is 0 Å². The van der Waals surface area contributed by atoms with E-state index in [4.69, 9.17) is 10.00 Å². The molecule has 0 bridgehead atoms. The number of ether oxygens (including phenoxy) is 1. The number of para-hydroxylation sites is 1. The van der Waals surface area contributed by atoms with E-state index in [0.29, 0.717) is 11.3 Å². The van der Waals surface area contributed by atoms with Crippen LogP contribution in [-0.2, 0) is 4.79 Å². The standard InChI is InChI=1S/C15H10F2N2O2/c16-12-6-5-11(7-13(12)17)21-9-15(20)19-14-4-2-1-3-10(14)8-18/h1-7H,9H2,(H,19,20). The summed E-state index contributed by atoms with van der Waals surface area (Å²) in [5.41, 5.74) is 0.678. The van der Waals surface area contributed by atoms with Gasteiger partial charge in [-0.1, -0.05) is 12.1 Å². The first kappa shape index (κ1) is 14.5. The van der Waals surface area contributed by atoms with E-state index in [2.05, 4.69) is 5.32 Å². The fraction of sp³-hybridized carbons (Fsp3) is 0.0667. The Labute approximate surface area is 119 Å². The molecule has 6 heteroatoms. The number of nitrogens with one attached hydrogen (secondary N) is 1. The molecule has 0 saturated carbocycles. The predicted octanol–water partition coefficient (Wildman–Crippen LogP) is 2.85. The molecule has 0 atom stereocenters. The fourth-order valence-electron chi connectivity index (χ4n) is 1.59. The van der Waals surface area contributed by atoms with Crippen molar-refractivity contribution in [3.8, 4) is 11.8 Å². The van der Waals surface area contributed by atoms with Gasteiger partial charge in [-0.2, -0.15) is 5.26 Å². The van der Waals surface area contributed by atoms with Crippen LogP contribution in [0.15, 0.2) is 42.5 Å². The van der Waals surface area contributed by atoms with E-state index in [-0.39, 0.29) is 12.4 Å².